The van der Waals surface area contributed by atoms with Crippen LogP contribution in [0.15, 0.2) is 84.9 Å². The Morgan fingerprint density at radius 3 is 1.86 bits per heavy atom. The Labute approximate surface area is 131 Å². The molecule has 0 N–H and O–H groups in total. The van der Waals surface area contributed by atoms with Crippen molar-refractivity contribution >= 4 is 0 Å². The lowest BCUT2D eigenvalue weighted by atomic mass is 9.78. The van der Waals surface area contributed by atoms with E-state index in [2.05, 4.69) is 78.9 Å². The van der Waals surface area contributed by atoms with E-state index in [1.165, 1.54) is 16.7 Å². The van der Waals surface area contributed by atoms with Crippen LogP contribution in [-0.4, -0.2) is 6.61 Å². The van der Waals surface area contributed by atoms with Gasteiger partial charge in [0, 0.05) is 17.4 Å². The number of hydrogen-bond donors (Lipinski definition) is 0. The van der Waals surface area contributed by atoms with Crippen LogP contribution in [0, 0.1) is 0 Å². The molecule has 1 atom stereocenters. The van der Waals surface area contributed by atoms with E-state index in [1.807, 2.05) is 6.07 Å². The van der Waals surface area contributed by atoms with Crippen LogP contribution < -0.4 is 4.74 Å². The SMILES string of the molecule is c1ccc(C(c2ccccc2)C2COc3ccccc32)cc1. The van der Waals surface area contributed by atoms with Crippen LogP contribution >= 0.6 is 0 Å². The lowest BCUT2D eigenvalue weighted by Crippen LogP contribution is -2.14. The molecule has 0 saturated carbocycles. The van der Waals surface area contributed by atoms with Crippen molar-refractivity contribution in [3.05, 3.63) is 102 Å². The normalized spacial score (nSPS) is 16.3. The van der Waals surface area contributed by atoms with Gasteiger partial charge in [0.15, 0.2) is 0 Å². The molecule has 3 aromatic carbocycles. The summed E-state index contributed by atoms with van der Waals surface area (Å²) in [4.78, 5) is 0. The minimum atomic E-state index is 0.325. The van der Waals surface area contributed by atoms with Gasteiger partial charge in [-0.2, -0.15) is 0 Å². The lowest BCUT2D eigenvalue weighted by Gasteiger charge is -2.24. The first-order valence-corrected chi connectivity index (χ1v) is 7.75. The highest BCUT2D eigenvalue weighted by molar-refractivity contribution is 5.46. The molecule has 1 aliphatic heterocycles. The predicted molar refractivity (Wildman–Crippen MR) is 89.4 cm³/mol. The van der Waals surface area contributed by atoms with E-state index < -0.39 is 0 Å². The van der Waals surface area contributed by atoms with Gasteiger partial charge in [-0.05, 0) is 17.2 Å². The molecule has 108 valence electrons. The molecule has 0 fully saturated rings. The standard InChI is InChI=1S/C21H18O/c1-3-9-16(10-4-1)21(17-11-5-2-6-12-17)19-15-22-20-14-8-7-13-18(19)20/h1-14,19,21H,15H2. The van der Waals surface area contributed by atoms with Gasteiger partial charge in [0.2, 0.25) is 0 Å². The number of hydrogen-bond acceptors (Lipinski definition) is 1. The molecular formula is C21H18O. The molecular weight excluding hydrogens is 268 g/mol. The van der Waals surface area contributed by atoms with Crippen LogP contribution in [0.5, 0.6) is 5.75 Å². The quantitative estimate of drug-likeness (QED) is 0.658. The summed E-state index contributed by atoms with van der Waals surface area (Å²) in [5, 5.41) is 0. The van der Waals surface area contributed by atoms with Crippen molar-refractivity contribution in [1.29, 1.82) is 0 Å². The molecule has 22 heavy (non-hydrogen) atoms. The van der Waals surface area contributed by atoms with Gasteiger partial charge in [0.05, 0.1) is 6.61 Å². The predicted octanol–water partition coefficient (Wildman–Crippen LogP) is 4.99. The van der Waals surface area contributed by atoms with Crippen LogP contribution in [0.3, 0.4) is 0 Å². The molecule has 1 heterocycles. The topological polar surface area (TPSA) is 9.23 Å². The van der Waals surface area contributed by atoms with Crippen LogP contribution in [0.2, 0.25) is 0 Å². The fraction of sp³-hybridized carbons (Fsp3) is 0.143. The van der Waals surface area contributed by atoms with E-state index >= 15 is 0 Å². The Morgan fingerprint density at radius 1 is 0.682 bits per heavy atom. The molecule has 1 heteroatoms. The van der Waals surface area contributed by atoms with Gasteiger partial charge in [-0.1, -0.05) is 78.9 Å². The maximum absolute atomic E-state index is 5.94. The summed E-state index contributed by atoms with van der Waals surface area (Å²) in [5.74, 6) is 1.72. The van der Waals surface area contributed by atoms with Crippen molar-refractivity contribution < 1.29 is 4.74 Å². The van der Waals surface area contributed by atoms with E-state index in [1.54, 1.807) is 0 Å². The molecule has 0 aliphatic carbocycles. The van der Waals surface area contributed by atoms with Crippen LogP contribution in [0.25, 0.3) is 0 Å². The summed E-state index contributed by atoms with van der Waals surface area (Å²) >= 11 is 0. The second-order valence-corrected chi connectivity index (χ2v) is 5.75. The molecule has 0 saturated heterocycles. The maximum atomic E-state index is 5.94. The van der Waals surface area contributed by atoms with Crippen molar-refractivity contribution in [2.45, 2.75) is 11.8 Å². The molecule has 0 aromatic heterocycles. The van der Waals surface area contributed by atoms with Crippen LogP contribution in [0.4, 0.5) is 0 Å². The summed E-state index contributed by atoms with van der Waals surface area (Å²) in [6.45, 7) is 0.744. The molecule has 1 aliphatic rings. The van der Waals surface area contributed by atoms with Crippen LogP contribution in [0.1, 0.15) is 28.5 Å². The van der Waals surface area contributed by atoms with E-state index in [0.29, 0.717) is 11.8 Å². The summed E-state index contributed by atoms with van der Waals surface area (Å²) < 4.78 is 5.94. The Hall–Kier alpha value is -2.54. The third-order valence-corrected chi connectivity index (χ3v) is 4.46. The zero-order chi connectivity index (χ0) is 14.8. The lowest BCUT2D eigenvalue weighted by molar-refractivity contribution is 0.321. The average Bonchev–Trinajstić information content (AvgIpc) is 3.01. The third kappa shape index (κ3) is 2.29. The highest BCUT2D eigenvalue weighted by atomic mass is 16.5. The fourth-order valence-electron chi connectivity index (χ4n) is 3.44. The Kier molecular flexibility index (Phi) is 3.40. The number of fused-ring (bicyclic) bond motifs is 1. The van der Waals surface area contributed by atoms with Crippen molar-refractivity contribution in [2.75, 3.05) is 6.61 Å². The van der Waals surface area contributed by atoms with Crippen molar-refractivity contribution in [1.82, 2.24) is 0 Å². The third-order valence-electron chi connectivity index (χ3n) is 4.46. The zero-order valence-electron chi connectivity index (χ0n) is 12.4. The Bertz CT molecular complexity index is 710. The minimum Gasteiger partial charge on any atom is -0.493 e. The highest BCUT2D eigenvalue weighted by Crippen LogP contribution is 2.45. The molecule has 0 spiro atoms. The first kappa shape index (κ1) is 13.1. The molecule has 1 nitrogen and oxygen atoms in total. The van der Waals surface area contributed by atoms with Crippen molar-refractivity contribution in [3.63, 3.8) is 0 Å². The van der Waals surface area contributed by atoms with Crippen LogP contribution in [-0.2, 0) is 0 Å². The van der Waals surface area contributed by atoms with E-state index in [9.17, 15) is 0 Å². The van der Waals surface area contributed by atoms with Gasteiger partial charge in [0.1, 0.15) is 5.75 Å². The molecule has 4 rings (SSSR count). The second-order valence-electron chi connectivity index (χ2n) is 5.75. The van der Waals surface area contributed by atoms with Crippen molar-refractivity contribution in [2.24, 2.45) is 0 Å². The van der Waals surface area contributed by atoms with Gasteiger partial charge >= 0.3 is 0 Å². The van der Waals surface area contributed by atoms with Gasteiger partial charge in [-0.3, -0.25) is 0 Å². The monoisotopic (exact) mass is 286 g/mol. The molecule has 0 bridgehead atoms. The van der Waals surface area contributed by atoms with Crippen molar-refractivity contribution in [3.8, 4) is 5.75 Å². The Balaban J connectivity index is 1.83. The molecule has 0 amide bonds. The highest BCUT2D eigenvalue weighted by Gasteiger charge is 2.33. The number of rotatable bonds is 3. The van der Waals surface area contributed by atoms with Gasteiger partial charge in [-0.25, -0.2) is 0 Å². The van der Waals surface area contributed by atoms with Gasteiger partial charge in [0.25, 0.3) is 0 Å². The molecule has 3 aromatic rings. The fourth-order valence-corrected chi connectivity index (χ4v) is 3.44. The second kappa shape index (κ2) is 5.69. The minimum absolute atomic E-state index is 0.325. The average molecular weight is 286 g/mol. The molecule has 1 unspecified atom stereocenters. The smallest absolute Gasteiger partial charge is 0.122 e. The number of para-hydroxylation sites is 1. The Morgan fingerprint density at radius 2 is 1.23 bits per heavy atom. The largest absolute Gasteiger partial charge is 0.493 e. The summed E-state index contributed by atoms with van der Waals surface area (Å²) in [6.07, 6.45) is 0. The number of benzene rings is 3. The first-order chi connectivity index (χ1) is 10.9. The van der Waals surface area contributed by atoms with E-state index in [0.717, 1.165) is 12.4 Å². The first-order valence-electron chi connectivity index (χ1n) is 7.75. The van der Waals surface area contributed by atoms with Gasteiger partial charge < -0.3 is 4.74 Å². The summed E-state index contributed by atoms with van der Waals surface area (Å²) in [7, 11) is 0. The molecule has 0 radical (unpaired) electrons. The van der Waals surface area contributed by atoms with E-state index in [-0.39, 0.29) is 0 Å². The summed E-state index contributed by atoms with van der Waals surface area (Å²) in [6, 6.07) is 29.9. The number of ether oxygens (including phenoxy) is 1. The van der Waals surface area contributed by atoms with Gasteiger partial charge in [-0.15, -0.1) is 0 Å². The zero-order valence-corrected chi connectivity index (χ0v) is 12.4. The maximum Gasteiger partial charge on any atom is 0.122 e. The summed E-state index contributed by atoms with van der Waals surface area (Å²) in [5.41, 5.74) is 4.01. The van der Waals surface area contributed by atoms with E-state index in [4.69, 9.17) is 4.74 Å².